The maximum atomic E-state index is 11.6. The monoisotopic (exact) mass is 257 g/mol. The number of carbonyl (C=O) groups excluding carboxylic acids is 2. The first kappa shape index (κ1) is 14.8. The Kier molecular flexibility index (Phi) is 4.24. The van der Waals surface area contributed by atoms with E-state index in [-0.39, 0.29) is 12.0 Å². The fraction of sp³-hybridized carbons (Fsp3) is 0.846. The lowest BCUT2D eigenvalue weighted by molar-refractivity contribution is -0.160. The van der Waals surface area contributed by atoms with Crippen LogP contribution in [0.5, 0.6) is 0 Å². The van der Waals surface area contributed by atoms with Crippen molar-refractivity contribution in [3.05, 3.63) is 0 Å². The van der Waals surface area contributed by atoms with Gasteiger partial charge in [0.25, 0.3) is 0 Å². The minimum atomic E-state index is -0.502. The SMILES string of the molecule is CCC1(C(=O)OC)CC(NC(=O)OC(C)(C)C)C1. The zero-order chi connectivity index (χ0) is 14.0. The van der Waals surface area contributed by atoms with Crippen LogP contribution in [0, 0.1) is 5.41 Å². The summed E-state index contributed by atoms with van der Waals surface area (Å²) < 4.78 is 9.97. The number of nitrogens with one attached hydrogen (secondary N) is 1. The van der Waals surface area contributed by atoms with E-state index in [1.807, 2.05) is 27.7 Å². The van der Waals surface area contributed by atoms with Gasteiger partial charge in [0.05, 0.1) is 12.5 Å². The minimum Gasteiger partial charge on any atom is -0.469 e. The summed E-state index contributed by atoms with van der Waals surface area (Å²) in [7, 11) is 1.40. The van der Waals surface area contributed by atoms with Gasteiger partial charge in [0.1, 0.15) is 5.60 Å². The van der Waals surface area contributed by atoms with Crippen LogP contribution >= 0.6 is 0 Å². The molecule has 0 atom stereocenters. The molecule has 0 aromatic carbocycles. The van der Waals surface area contributed by atoms with Gasteiger partial charge in [-0.15, -0.1) is 0 Å². The number of methoxy groups -OCH3 is 1. The van der Waals surface area contributed by atoms with Gasteiger partial charge in [0, 0.05) is 6.04 Å². The number of amides is 1. The molecule has 1 amide bonds. The first-order valence-electron chi connectivity index (χ1n) is 6.30. The normalized spacial score (nSPS) is 27.1. The smallest absolute Gasteiger partial charge is 0.407 e. The Morgan fingerprint density at radius 1 is 1.33 bits per heavy atom. The van der Waals surface area contributed by atoms with Gasteiger partial charge in [0.15, 0.2) is 0 Å². The third kappa shape index (κ3) is 3.37. The summed E-state index contributed by atoms with van der Waals surface area (Å²) in [4.78, 5) is 23.2. The van der Waals surface area contributed by atoms with Crippen molar-refractivity contribution in [3.8, 4) is 0 Å². The van der Waals surface area contributed by atoms with Gasteiger partial charge in [-0.1, -0.05) is 6.92 Å². The van der Waals surface area contributed by atoms with Crippen LogP contribution in [-0.2, 0) is 14.3 Å². The Morgan fingerprint density at radius 2 is 1.89 bits per heavy atom. The van der Waals surface area contributed by atoms with Crippen LogP contribution in [-0.4, -0.2) is 30.8 Å². The first-order chi connectivity index (χ1) is 8.22. The van der Waals surface area contributed by atoms with E-state index in [1.165, 1.54) is 7.11 Å². The van der Waals surface area contributed by atoms with Gasteiger partial charge < -0.3 is 14.8 Å². The standard InChI is InChI=1S/C13H23NO4/c1-6-13(10(15)17-5)7-9(8-13)14-11(16)18-12(2,3)4/h9H,6-8H2,1-5H3,(H,14,16). The summed E-state index contributed by atoms with van der Waals surface area (Å²) in [5.41, 5.74) is -0.924. The second-order valence-corrected chi connectivity index (χ2v) is 5.88. The molecule has 1 aliphatic rings. The lowest BCUT2D eigenvalue weighted by Gasteiger charge is -2.44. The highest BCUT2D eigenvalue weighted by atomic mass is 16.6. The van der Waals surface area contributed by atoms with Crippen molar-refractivity contribution in [1.82, 2.24) is 5.32 Å². The van der Waals surface area contributed by atoms with E-state index in [1.54, 1.807) is 0 Å². The molecule has 0 unspecified atom stereocenters. The van der Waals surface area contributed by atoms with Crippen molar-refractivity contribution in [3.63, 3.8) is 0 Å². The van der Waals surface area contributed by atoms with Crippen molar-refractivity contribution in [2.75, 3.05) is 7.11 Å². The van der Waals surface area contributed by atoms with Crippen molar-refractivity contribution in [2.24, 2.45) is 5.41 Å². The quantitative estimate of drug-likeness (QED) is 0.787. The van der Waals surface area contributed by atoms with E-state index in [0.717, 1.165) is 6.42 Å². The number of rotatable bonds is 3. The molecule has 0 aliphatic heterocycles. The zero-order valence-electron chi connectivity index (χ0n) is 11.8. The molecule has 0 bridgehead atoms. The van der Waals surface area contributed by atoms with Gasteiger partial charge in [0.2, 0.25) is 0 Å². The molecule has 5 nitrogen and oxygen atoms in total. The molecule has 0 aromatic rings. The molecule has 0 saturated heterocycles. The van der Waals surface area contributed by atoms with Crippen LogP contribution in [0.3, 0.4) is 0 Å². The van der Waals surface area contributed by atoms with Crippen LogP contribution in [0.15, 0.2) is 0 Å². The van der Waals surface area contributed by atoms with Crippen LogP contribution in [0.25, 0.3) is 0 Å². The molecule has 5 heteroatoms. The average Bonchev–Trinajstić information content (AvgIpc) is 2.19. The molecular formula is C13H23NO4. The molecule has 1 aliphatic carbocycles. The molecule has 0 heterocycles. The molecule has 1 rings (SSSR count). The largest absolute Gasteiger partial charge is 0.469 e. The van der Waals surface area contributed by atoms with Crippen LogP contribution in [0.4, 0.5) is 4.79 Å². The molecule has 18 heavy (non-hydrogen) atoms. The number of carbonyl (C=O) groups is 2. The Bertz CT molecular complexity index is 326. The van der Waals surface area contributed by atoms with Crippen LogP contribution in [0.1, 0.15) is 47.0 Å². The van der Waals surface area contributed by atoms with Gasteiger partial charge in [-0.3, -0.25) is 4.79 Å². The molecule has 1 N–H and O–H groups in total. The second-order valence-electron chi connectivity index (χ2n) is 5.88. The maximum Gasteiger partial charge on any atom is 0.407 e. The second kappa shape index (κ2) is 5.16. The Balaban J connectivity index is 2.42. The highest BCUT2D eigenvalue weighted by Gasteiger charge is 2.50. The third-order valence-electron chi connectivity index (χ3n) is 3.29. The lowest BCUT2D eigenvalue weighted by Crippen LogP contribution is -2.55. The van der Waals surface area contributed by atoms with E-state index in [9.17, 15) is 9.59 Å². The molecule has 0 spiro atoms. The Morgan fingerprint density at radius 3 is 2.28 bits per heavy atom. The molecular weight excluding hydrogens is 234 g/mol. The van der Waals surface area contributed by atoms with Gasteiger partial charge >= 0.3 is 12.1 Å². The van der Waals surface area contributed by atoms with Crippen LogP contribution in [0.2, 0.25) is 0 Å². The van der Waals surface area contributed by atoms with Crippen molar-refractivity contribution in [1.29, 1.82) is 0 Å². The molecule has 1 saturated carbocycles. The van der Waals surface area contributed by atoms with Crippen molar-refractivity contribution in [2.45, 2.75) is 58.6 Å². The Labute approximate surface area is 108 Å². The average molecular weight is 257 g/mol. The summed E-state index contributed by atoms with van der Waals surface area (Å²) in [5, 5.41) is 2.77. The number of hydrogen-bond acceptors (Lipinski definition) is 4. The highest BCUT2D eigenvalue weighted by molar-refractivity contribution is 5.78. The number of hydrogen-bond donors (Lipinski definition) is 1. The number of alkyl carbamates (subject to hydrolysis) is 1. The van der Waals surface area contributed by atoms with Crippen LogP contribution < -0.4 is 5.32 Å². The summed E-state index contributed by atoms with van der Waals surface area (Å²) >= 11 is 0. The maximum absolute atomic E-state index is 11.6. The fourth-order valence-corrected chi connectivity index (χ4v) is 2.28. The molecule has 1 fully saturated rings. The summed E-state index contributed by atoms with van der Waals surface area (Å²) in [5.74, 6) is -0.188. The third-order valence-corrected chi connectivity index (χ3v) is 3.29. The molecule has 0 radical (unpaired) electrons. The van der Waals surface area contributed by atoms with Gasteiger partial charge in [-0.05, 0) is 40.0 Å². The lowest BCUT2D eigenvalue weighted by atomic mass is 9.64. The van der Waals surface area contributed by atoms with Gasteiger partial charge in [-0.2, -0.15) is 0 Å². The van der Waals surface area contributed by atoms with E-state index in [2.05, 4.69) is 5.32 Å². The Hall–Kier alpha value is -1.26. The topological polar surface area (TPSA) is 64.6 Å². The molecule has 104 valence electrons. The highest BCUT2D eigenvalue weighted by Crippen LogP contribution is 2.45. The van der Waals surface area contributed by atoms with E-state index in [4.69, 9.17) is 9.47 Å². The van der Waals surface area contributed by atoms with E-state index >= 15 is 0 Å². The predicted molar refractivity (Wildman–Crippen MR) is 67.1 cm³/mol. The zero-order valence-corrected chi connectivity index (χ0v) is 11.8. The number of ether oxygens (including phenoxy) is 2. The summed E-state index contributed by atoms with van der Waals surface area (Å²) in [6.07, 6.45) is 1.54. The minimum absolute atomic E-state index is 0.00102. The summed E-state index contributed by atoms with van der Waals surface area (Å²) in [6, 6.07) is -0.00102. The van der Waals surface area contributed by atoms with Crippen molar-refractivity contribution >= 4 is 12.1 Å². The first-order valence-corrected chi connectivity index (χ1v) is 6.30. The number of esters is 1. The summed E-state index contributed by atoms with van der Waals surface area (Å²) in [6.45, 7) is 7.41. The van der Waals surface area contributed by atoms with E-state index < -0.39 is 17.1 Å². The molecule has 0 aromatic heterocycles. The van der Waals surface area contributed by atoms with E-state index in [0.29, 0.717) is 12.8 Å². The fourth-order valence-electron chi connectivity index (χ4n) is 2.28. The van der Waals surface area contributed by atoms with Gasteiger partial charge in [-0.25, -0.2) is 4.79 Å². The predicted octanol–water partition coefficient (Wildman–Crippen LogP) is 2.24. The van der Waals surface area contributed by atoms with Crippen molar-refractivity contribution < 1.29 is 19.1 Å².